The molecule has 0 saturated carbocycles. The van der Waals surface area contributed by atoms with E-state index in [1.54, 1.807) is 4.90 Å². The summed E-state index contributed by atoms with van der Waals surface area (Å²) in [5, 5.41) is 12.8. The van der Waals surface area contributed by atoms with Gasteiger partial charge in [0.25, 0.3) is 0 Å². The summed E-state index contributed by atoms with van der Waals surface area (Å²) >= 11 is 0. The van der Waals surface area contributed by atoms with Crippen molar-refractivity contribution in [2.75, 3.05) is 18.4 Å². The van der Waals surface area contributed by atoms with Crippen LogP contribution in [0.15, 0.2) is 30.6 Å². The third-order valence-electron chi connectivity index (χ3n) is 5.07. The second-order valence-corrected chi connectivity index (χ2v) is 8.90. The smallest absolute Gasteiger partial charge is 0.410 e. The molecular weight excluding hydrogens is 431 g/mol. The lowest BCUT2D eigenvalue weighted by molar-refractivity contribution is 0.0206. The molecule has 0 aromatic carbocycles. The number of aromatic nitrogens is 4. The molecule has 0 bridgehead atoms. The van der Waals surface area contributed by atoms with E-state index in [-0.39, 0.29) is 17.6 Å². The fraction of sp³-hybridized carbons (Fsp3) is 0.409. The monoisotopic (exact) mass is 456 g/mol. The third-order valence-corrected chi connectivity index (χ3v) is 5.07. The number of nitrogens with zero attached hydrogens (tertiary/aromatic N) is 5. The Morgan fingerprint density at radius 3 is 2.79 bits per heavy atom. The van der Waals surface area contributed by atoms with Crippen LogP contribution in [0.25, 0.3) is 17.2 Å². The fourth-order valence-electron chi connectivity index (χ4n) is 3.66. The molecule has 1 atom stereocenters. The number of imidazole rings is 1. The van der Waals surface area contributed by atoms with Gasteiger partial charge in [-0.15, -0.1) is 0 Å². The number of hydrogen-bond donors (Lipinski definition) is 2. The summed E-state index contributed by atoms with van der Waals surface area (Å²) in [5.74, 6) is -1.31. The van der Waals surface area contributed by atoms with Gasteiger partial charge in [0.1, 0.15) is 28.6 Å². The molecule has 1 aliphatic heterocycles. The lowest BCUT2D eigenvalue weighted by Crippen LogP contribution is -2.47. The molecule has 1 saturated heterocycles. The normalized spacial score (nSPS) is 16.6. The number of piperidine rings is 1. The van der Waals surface area contributed by atoms with E-state index in [0.29, 0.717) is 30.2 Å². The molecule has 3 aromatic heterocycles. The topological polar surface area (TPSA) is 122 Å². The first-order chi connectivity index (χ1) is 15.6. The van der Waals surface area contributed by atoms with Crippen molar-refractivity contribution >= 4 is 23.5 Å². The van der Waals surface area contributed by atoms with Crippen LogP contribution in [0.5, 0.6) is 0 Å². The number of carboxylic acids is 1. The van der Waals surface area contributed by atoms with Crippen LogP contribution < -0.4 is 5.32 Å². The lowest BCUT2D eigenvalue weighted by atomic mass is 10.1. The van der Waals surface area contributed by atoms with Crippen molar-refractivity contribution in [3.8, 4) is 11.5 Å². The molecule has 10 nitrogen and oxygen atoms in total. The quantitative estimate of drug-likeness (QED) is 0.612. The summed E-state index contributed by atoms with van der Waals surface area (Å²) in [5.41, 5.74) is 0.0250. The Balaban J connectivity index is 1.60. The first-order valence-electron chi connectivity index (χ1n) is 10.6. The summed E-state index contributed by atoms with van der Waals surface area (Å²) in [7, 11) is 0. The highest BCUT2D eigenvalue weighted by molar-refractivity contribution is 5.87. The average Bonchev–Trinajstić information content (AvgIpc) is 3.15. The Labute approximate surface area is 189 Å². The second-order valence-electron chi connectivity index (χ2n) is 8.90. The largest absolute Gasteiger partial charge is 0.477 e. The zero-order valence-electron chi connectivity index (χ0n) is 18.6. The van der Waals surface area contributed by atoms with Crippen LogP contribution in [0.2, 0.25) is 0 Å². The number of pyridine rings is 1. The summed E-state index contributed by atoms with van der Waals surface area (Å²) in [6.45, 7) is 6.40. The molecule has 174 valence electrons. The SMILES string of the molecule is CC(C)(C)OC(=O)N1CCCC(Nc2cc(C(=O)O)nc(-c3cnc4ccc(F)cn34)n2)C1. The van der Waals surface area contributed by atoms with E-state index in [9.17, 15) is 19.1 Å². The summed E-state index contributed by atoms with van der Waals surface area (Å²) < 4.78 is 20.7. The number of carbonyl (C=O) groups is 2. The number of anilines is 1. The van der Waals surface area contributed by atoms with Crippen LogP contribution in [0.3, 0.4) is 0 Å². The molecule has 33 heavy (non-hydrogen) atoms. The summed E-state index contributed by atoms with van der Waals surface area (Å²) in [6.07, 6.45) is 3.83. The standard InChI is InChI=1S/C22H25FN6O4/c1-22(2,3)33-21(32)28-8-4-5-14(12-28)25-17-9-15(20(30)31)26-19(27-17)16-10-24-18-7-6-13(23)11-29(16)18/h6-7,9-11,14H,4-5,8,12H2,1-3H3,(H,30,31)(H,25,26,27). The van der Waals surface area contributed by atoms with Crippen LogP contribution in [-0.2, 0) is 4.74 Å². The molecule has 4 rings (SSSR count). The number of halogens is 1. The van der Waals surface area contributed by atoms with Gasteiger partial charge in [-0.2, -0.15) is 0 Å². The number of fused-ring (bicyclic) bond motifs is 1. The molecule has 4 heterocycles. The predicted octanol–water partition coefficient (Wildman–Crippen LogP) is 3.44. The van der Waals surface area contributed by atoms with E-state index in [1.807, 2.05) is 20.8 Å². The Hall–Kier alpha value is -3.76. The summed E-state index contributed by atoms with van der Waals surface area (Å²) in [6, 6.07) is 3.97. The first-order valence-corrected chi connectivity index (χ1v) is 10.6. The molecular formula is C22H25FN6O4. The van der Waals surface area contributed by atoms with Gasteiger partial charge < -0.3 is 20.1 Å². The third kappa shape index (κ3) is 5.18. The number of ether oxygens (including phenoxy) is 1. The molecule has 0 spiro atoms. The average molecular weight is 456 g/mol. The molecule has 0 aliphatic carbocycles. The van der Waals surface area contributed by atoms with Gasteiger partial charge in [-0.25, -0.2) is 28.9 Å². The molecule has 1 fully saturated rings. The Kier molecular flexibility index (Phi) is 5.88. The number of carboxylic acid groups (broad SMARTS) is 1. The Morgan fingerprint density at radius 2 is 2.06 bits per heavy atom. The van der Waals surface area contributed by atoms with Crippen molar-refractivity contribution in [2.45, 2.75) is 45.3 Å². The van der Waals surface area contributed by atoms with Gasteiger partial charge in [-0.3, -0.25) is 4.40 Å². The van der Waals surface area contributed by atoms with E-state index < -0.39 is 23.5 Å². The number of likely N-dealkylation sites (tertiary alicyclic amines) is 1. The van der Waals surface area contributed by atoms with Crippen LogP contribution in [0, 0.1) is 5.82 Å². The number of amides is 1. The van der Waals surface area contributed by atoms with E-state index in [0.717, 1.165) is 12.8 Å². The van der Waals surface area contributed by atoms with E-state index in [1.165, 1.54) is 35.0 Å². The zero-order valence-corrected chi connectivity index (χ0v) is 18.6. The second kappa shape index (κ2) is 8.64. The minimum Gasteiger partial charge on any atom is -0.477 e. The number of carbonyl (C=O) groups excluding carboxylic acids is 1. The van der Waals surface area contributed by atoms with Crippen molar-refractivity contribution in [1.82, 2.24) is 24.3 Å². The number of aromatic carboxylic acids is 1. The minimum absolute atomic E-state index is 0.0929. The Morgan fingerprint density at radius 1 is 1.27 bits per heavy atom. The van der Waals surface area contributed by atoms with Crippen molar-refractivity contribution in [3.63, 3.8) is 0 Å². The van der Waals surface area contributed by atoms with Crippen molar-refractivity contribution in [1.29, 1.82) is 0 Å². The maximum absolute atomic E-state index is 13.8. The van der Waals surface area contributed by atoms with E-state index in [2.05, 4.69) is 20.3 Å². The summed E-state index contributed by atoms with van der Waals surface area (Å²) in [4.78, 5) is 38.5. The number of hydrogen-bond acceptors (Lipinski definition) is 7. The van der Waals surface area contributed by atoms with Crippen LogP contribution in [0.1, 0.15) is 44.1 Å². The molecule has 3 aromatic rings. The van der Waals surface area contributed by atoms with Gasteiger partial charge in [0, 0.05) is 31.4 Å². The number of rotatable bonds is 4. The molecule has 11 heteroatoms. The maximum atomic E-state index is 13.8. The highest BCUT2D eigenvalue weighted by atomic mass is 19.1. The Bertz CT molecular complexity index is 1210. The van der Waals surface area contributed by atoms with E-state index in [4.69, 9.17) is 4.74 Å². The molecule has 1 amide bonds. The highest BCUT2D eigenvalue weighted by Crippen LogP contribution is 2.23. The van der Waals surface area contributed by atoms with E-state index >= 15 is 0 Å². The molecule has 2 N–H and O–H groups in total. The predicted molar refractivity (Wildman–Crippen MR) is 118 cm³/mol. The van der Waals surface area contributed by atoms with Gasteiger partial charge in [0.15, 0.2) is 11.5 Å². The number of nitrogens with one attached hydrogen (secondary N) is 1. The van der Waals surface area contributed by atoms with Gasteiger partial charge in [0.2, 0.25) is 0 Å². The molecule has 1 aliphatic rings. The van der Waals surface area contributed by atoms with Crippen molar-refractivity contribution in [3.05, 3.63) is 42.1 Å². The van der Waals surface area contributed by atoms with Crippen LogP contribution in [0.4, 0.5) is 15.0 Å². The van der Waals surface area contributed by atoms with Gasteiger partial charge in [-0.1, -0.05) is 0 Å². The van der Waals surface area contributed by atoms with Gasteiger partial charge in [0.05, 0.1) is 6.20 Å². The van der Waals surface area contributed by atoms with Gasteiger partial charge in [-0.05, 0) is 45.7 Å². The van der Waals surface area contributed by atoms with Crippen LogP contribution >= 0.6 is 0 Å². The fourth-order valence-corrected chi connectivity index (χ4v) is 3.66. The minimum atomic E-state index is -1.22. The van der Waals surface area contributed by atoms with Crippen molar-refractivity contribution < 1.29 is 23.8 Å². The maximum Gasteiger partial charge on any atom is 0.410 e. The highest BCUT2D eigenvalue weighted by Gasteiger charge is 2.28. The van der Waals surface area contributed by atoms with Crippen LogP contribution in [-0.4, -0.2) is 66.2 Å². The van der Waals surface area contributed by atoms with Crippen molar-refractivity contribution in [2.24, 2.45) is 0 Å². The molecule has 1 unspecified atom stereocenters. The first kappa shape index (κ1) is 22.4. The molecule has 0 radical (unpaired) electrons. The zero-order chi connectivity index (χ0) is 23.8. The lowest BCUT2D eigenvalue weighted by Gasteiger charge is -2.34. The van der Waals surface area contributed by atoms with Gasteiger partial charge >= 0.3 is 12.1 Å².